The van der Waals surface area contributed by atoms with E-state index in [0.29, 0.717) is 33.4 Å². The van der Waals surface area contributed by atoms with Gasteiger partial charge < -0.3 is 28.1 Å². The first-order valence-corrected chi connectivity index (χ1v) is 11.7. The van der Waals surface area contributed by atoms with Gasteiger partial charge in [0, 0.05) is 30.4 Å². The Hall–Kier alpha value is -4.86. The predicted octanol–water partition coefficient (Wildman–Crippen LogP) is 5.45. The molecule has 0 saturated carbocycles. The van der Waals surface area contributed by atoms with Gasteiger partial charge in [0.2, 0.25) is 5.75 Å². The van der Waals surface area contributed by atoms with Crippen LogP contribution in [0.4, 0.5) is 4.39 Å². The monoisotopic (exact) mass is 536 g/mol. The Morgan fingerprint density at radius 1 is 0.744 bits per heavy atom. The highest BCUT2D eigenvalue weighted by atomic mass is 19.1. The van der Waals surface area contributed by atoms with E-state index in [0.717, 1.165) is 13.0 Å². The zero-order chi connectivity index (χ0) is 28.4. The van der Waals surface area contributed by atoms with Crippen molar-refractivity contribution in [2.45, 2.75) is 20.8 Å². The molecule has 0 atom stereocenters. The van der Waals surface area contributed by atoms with Crippen LogP contribution in [0.2, 0.25) is 0 Å². The van der Waals surface area contributed by atoms with Gasteiger partial charge in [0.05, 0.1) is 26.9 Å². The normalized spacial score (nSPS) is 10.7. The van der Waals surface area contributed by atoms with Crippen LogP contribution < -0.4 is 29.3 Å². The lowest BCUT2D eigenvalue weighted by atomic mass is 9.91. The van der Waals surface area contributed by atoms with Gasteiger partial charge in [-0.1, -0.05) is 6.07 Å². The quantitative estimate of drug-likeness (QED) is 0.173. The van der Waals surface area contributed by atoms with Crippen molar-refractivity contribution in [3.63, 3.8) is 0 Å². The molecule has 0 aliphatic carbocycles. The highest BCUT2D eigenvalue weighted by Gasteiger charge is 2.24. The molecule has 0 unspecified atom stereocenters. The van der Waals surface area contributed by atoms with Crippen LogP contribution >= 0.6 is 0 Å². The molecule has 9 nitrogen and oxygen atoms in total. The maximum absolute atomic E-state index is 15.1. The van der Waals surface area contributed by atoms with E-state index < -0.39 is 23.4 Å². The van der Waals surface area contributed by atoms with Gasteiger partial charge in [0.1, 0.15) is 11.3 Å². The molecule has 0 aliphatic heterocycles. The van der Waals surface area contributed by atoms with E-state index in [1.165, 1.54) is 40.4 Å². The van der Waals surface area contributed by atoms with E-state index in [2.05, 4.69) is 0 Å². The molecule has 1 aromatic heterocycles. The first-order chi connectivity index (χ1) is 18.6. The minimum Gasteiger partial charge on any atom is -0.493 e. The number of halogens is 1. The lowest BCUT2D eigenvalue weighted by Gasteiger charge is -2.18. The number of fused-ring (bicyclic) bond motifs is 1. The summed E-state index contributed by atoms with van der Waals surface area (Å²) in [5, 5.41) is 0.436. The number of rotatable bonds is 7. The molecule has 1 heterocycles. The summed E-state index contributed by atoms with van der Waals surface area (Å²) in [5.74, 6) is -1.20. The molecular formula is C29H25FO9. The summed E-state index contributed by atoms with van der Waals surface area (Å²) in [7, 11) is 4.33. The maximum Gasteiger partial charge on any atom is 0.344 e. The smallest absolute Gasteiger partial charge is 0.344 e. The molecule has 0 radical (unpaired) electrons. The Morgan fingerprint density at radius 2 is 1.33 bits per heavy atom. The Balaban J connectivity index is 2.12. The molecule has 202 valence electrons. The van der Waals surface area contributed by atoms with Crippen molar-refractivity contribution in [1.82, 2.24) is 0 Å². The number of hydrogen-bond donors (Lipinski definition) is 0. The molecule has 0 N–H and O–H groups in total. The van der Waals surface area contributed by atoms with Gasteiger partial charge >= 0.3 is 17.6 Å². The SMILES string of the molecule is COc1cc(-c2c(-c3ccc(OC(C)=O)c(F)c3)c3ccc(OC(C)=O)c(C)c3oc2=O)cc(OC)c1OC. The van der Waals surface area contributed by atoms with E-state index in [1.54, 1.807) is 31.2 Å². The molecule has 0 saturated heterocycles. The molecule has 0 amide bonds. The number of hydrogen-bond acceptors (Lipinski definition) is 9. The number of aryl methyl sites for hydroxylation is 1. The van der Waals surface area contributed by atoms with Gasteiger partial charge in [-0.05, 0) is 54.4 Å². The van der Waals surface area contributed by atoms with Crippen LogP contribution in [0.15, 0.2) is 51.7 Å². The lowest BCUT2D eigenvalue weighted by Crippen LogP contribution is -2.09. The molecule has 4 aromatic rings. The van der Waals surface area contributed by atoms with Gasteiger partial charge in [-0.3, -0.25) is 9.59 Å². The van der Waals surface area contributed by atoms with Crippen molar-refractivity contribution in [1.29, 1.82) is 0 Å². The summed E-state index contributed by atoms with van der Waals surface area (Å²) >= 11 is 0. The van der Waals surface area contributed by atoms with Crippen LogP contribution in [-0.4, -0.2) is 33.3 Å². The Kier molecular flexibility index (Phi) is 7.57. The van der Waals surface area contributed by atoms with Crippen LogP contribution in [0.25, 0.3) is 33.2 Å². The predicted molar refractivity (Wildman–Crippen MR) is 140 cm³/mol. The van der Waals surface area contributed by atoms with Crippen molar-refractivity contribution in [2.75, 3.05) is 21.3 Å². The minimum absolute atomic E-state index is 0.0843. The summed E-state index contributed by atoms with van der Waals surface area (Å²) in [6.45, 7) is 4.05. The highest BCUT2D eigenvalue weighted by Crippen LogP contribution is 2.45. The molecule has 3 aromatic carbocycles. The van der Waals surface area contributed by atoms with Gasteiger partial charge in [-0.25, -0.2) is 9.18 Å². The van der Waals surface area contributed by atoms with E-state index in [-0.39, 0.29) is 34.1 Å². The number of esters is 2. The second-order valence-corrected chi connectivity index (χ2v) is 8.45. The zero-order valence-corrected chi connectivity index (χ0v) is 22.1. The molecule has 4 rings (SSSR count). The maximum atomic E-state index is 15.1. The van der Waals surface area contributed by atoms with Gasteiger partial charge in [-0.15, -0.1) is 0 Å². The third-order valence-electron chi connectivity index (χ3n) is 5.96. The van der Waals surface area contributed by atoms with E-state index >= 15 is 4.39 Å². The fourth-order valence-electron chi connectivity index (χ4n) is 4.33. The van der Waals surface area contributed by atoms with Crippen LogP contribution in [0.1, 0.15) is 19.4 Å². The summed E-state index contributed by atoms with van der Waals surface area (Å²) in [5.41, 5.74) is 0.844. The highest BCUT2D eigenvalue weighted by molar-refractivity contribution is 6.03. The largest absolute Gasteiger partial charge is 0.493 e. The third-order valence-corrected chi connectivity index (χ3v) is 5.96. The summed E-state index contributed by atoms with van der Waals surface area (Å²) in [4.78, 5) is 36.6. The zero-order valence-electron chi connectivity index (χ0n) is 22.1. The van der Waals surface area contributed by atoms with Crippen LogP contribution in [0, 0.1) is 12.7 Å². The summed E-state index contributed by atoms with van der Waals surface area (Å²) in [6.07, 6.45) is 0. The van der Waals surface area contributed by atoms with Gasteiger partial charge in [-0.2, -0.15) is 0 Å². The first kappa shape index (κ1) is 27.2. The van der Waals surface area contributed by atoms with Crippen molar-refractivity contribution in [2.24, 2.45) is 0 Å². The fraction of sp³-hybridized carbons (Fsp3) is 0.207. The van der Waals surface area contributed by atoms with Crippen LogP contribution in [0.5, 0.6) is 28.7 Å². The standard InChI is InChI=1S/C29H25FO9/c1-14-21(37-15(2)31)10-8-19-25(17-7-9-22(20(30)11-17)38-16(3)32)26(29(33)39-27(14)19)18-12-23(34-4)28(36-6)24(13-18)35-5/h7-13H,1-6H3. The van der Waals surface area contributed by atoms with Crippen LogP contribution in [-0.2, 0) is 9.59 Å². The Labute approximate surface area is 222 Å². The molecule has 39 heavy (non-hydrogen) atoms. The molecule has 0 fully saturated rings. The lowest BCUT2D eigenvalue weighted by molar-refractivity contribution is -0.132. The van der Waals surface area contributed by atoms with E-state index in [9.17, 15) is 14.4 Å². The molecule has 0 bridgehead atoms. The molecular weight excluding hydrogens is 511 g/mol. The third kappa shape index (κ3) is 5.13. The number of benzene rings is 3. The fourth-order valence-corrected chi connectivity index (χ4v) is 4.33. The van der Waals surface area contributed by atoms with Crippen LogP contribution in [0.3, 0.4) is 0 Å². The average molecular weight is 537 g/mol. The van der Waals surface area contributed by atoms with Gasteiger partial charge in [0.15, 0.2) is 23.1 Å². The number of carbonyl (C=O) groups excluding carboxylic acids is 2. The van der Waals surface area contributed by atoms with Gasteiger partial charge in [0.25, 0.3) is 0 Å². The Morgan fingerprint density at radius 3 is 1.87 bits per heavy atom. The molecule has 0 aliphatic rings. The summed E-state index contributed by atoms with van der Waals surface area (Å²) in [6, 6.07) is 10.3. The number of ether oxygens (including phenoxy) is 5. The number of carbonyl (C=O) groups is 2. The summed E-state index contributed by atoms with van der Waals surface area (Å²) < 4.78 is 47.3. The number of methoxy groups -OCH3 is 3. The van der Waals surface area contributed by atoms with E-state index in [4.69, 9.17) is 28.1 Å². The molecule has 0 spiro atoms. The second-order valence-electron chi connectivity index (χ2n) is 8.45. The topological polar surface area (TPSA) is 110 Å². The Bertz CT molecular complexity index is 1650. The van der Waals surface area contributed by atoms with Crippen molar-refractivity contribution in [3.05, 3.63) is 64.3 Å². The molecule has 10 heteroatoms. The first-order valence-electron chi connectivity index (χ1n) is 11.7. The minimum atomic E-state index is -0.812. The second kappa shape index (κ2) is 10.9. The van der Waals surface area contributed by atoms with Crippen molar-refractivity contribution in [3.8, 4) is 51.0 Å². The van der Waals surface area contributed by atoms with Crippen molar-refractivity contribution < 1.29 is 42.1 Å². The average Bonchev–Trinajstić information content (AvgIpc) is 2.89. The van der Waals surface area contributed by atoms with E-state index in [1.807, 2.05) is 0 Å². The van der Waals surface area contributed by atoms with Crippen molar-refractivity contribution >= 4 is 22.9 Å².